The number of nitro groups is 1. The number of amides is 1. The Hall–Kier alpha value is -3.81. The highest BCUT2D eigenvalue weighted by Gasteiger charge is 2.12. The Morgan fingerprint density at radius 1 is 1.17 bits per heavy atom. The third kappa shape index (κ3) is 4.37. The molecule has 1 amide bonds. The smallest absolute Gasteiger partial charge is 0.271 e. The molecule has 29 heavy (non-hydrogen) atoms. The predicted octanol–water partition coefficient (Wildman–Crippen LogP) is 4.50. The van der Waals surface area contributed by atoms with Crippen molar-refractivity contribution in [2.45, 2.75) is 20.8 Å². The summed E-state index contributed by atoms with van der Waals surface area (Å²) in [7, 11) is 0. The van der Waals surface area contributed by atoms with Crippen molar-refractivity contribution in [1.82, 2.24) is 9.78 Å². The number of anilines is 1. The van der Waals surface area contributed by atoms with Gasteiger partial charge in [0.15, 0.2) is 0 Å². The molecule has 1 aromatic heterocycles. The third-order valence-electron chi connectivity index (χ3n) is 4.51. The van der Waals surface area contributed by atoms with E-state index in [2.05, 4.69) is 10.4 Å². The molecule has 3 aromatic rings. The SMILES string of the molecule is Cc1ccc([N+](=O)[O-])cc1NC(=O)/C=C/c1c(C)nn(-c2ccc(F)cc2)c1C. The molecule has 0 unspecified atom stereocenters. The average molecular weight is 394 g/mol. The lowest BCUT2D eigenvalue weighted by Crippen LogP contribution is -2.09. The normalized spacial score (nSPS) is 11.0. The van der Waals surface area contributed by atoms with Crippen LogP contribution in [0, 0.1) is 36.7 Å². The summed E-state index contributed by atoms with van der Waals surface area (Å²) in [4.78, 5) is 22.7. The summed E-state index contributed by atoms with van der Waals surface area (Å²) in [6.45, 7) is 5.42. The van der Waals surface area contributed by atoms with Crippen LogP contribution < -0.4 is 5.32 Å². The van der Waals surface area contributed by atoms with Gasteiger partial charge in [-0.1, -0.05) is 6.07 Å². The van der Waals surface area contributed by atoms with Crippen LogP contribution in [0.2, 0.25) is 0 Å². The summed E-state index contributed by atoms with van der Waals surface area (Å²) in [5.74, 6) is -0.745. The van der Waals surface area contributed by atoms with Crippen molar-refractivity contribution >= 4 is 23.4 Å². The molecular weight excluding hydrogens is 375 g/mol. The molecule has 0 spiro atoms. The van der Waals surface area contributed by atoms with Crippen molar-refractivity contribution in [3.63, 3.8) is 0 Å². The van der Waals surface area contributed by atoms with Gasteiger partial charge >= 0.3 is 0 Å². The number of aromatic nitrogens is 2. The lowest BCUT2D eigenvalue weighted by atomic mass is 10.1. The minimum Gasteiger partial charge on any atom is -0.322 e. The number of carbonyl (C=O) groups excluding carboxylic acids is 1. The quantitative estimate of drug-likeness (QED) is 0.392. The van der Waals surface area contributed by atoms with Crippen LogP contribution in [0.4, 0.5) is 15.8 Å². The zero-order valence-corrected chi connectivity index (χ0v) is 16.1. The maximum atomic E-state index is 13.2. The second-order valence-electron chi connectivity index (χ2n) is 6.55. The molecular formula is C21H19FN4O3. The molecule has 0 atom stereocenters. The first-order valence-corrected chi connectivity index (χ1v) is 8.82. The Kier molecular flexibility index (Phi) is 5.54. The summed E-state index contributed by atoms with van der Waals surface area (Å²) in [6.07, 6.45) is 2.99. The number of nitro benzene ring substituents is 1. The lowest BCUT2D eigenvalue weighted by Gasteiger charge is -2.06. The van der Waals surface area contributed by atoms with E-state index in [-0.39, 0.29) is 11.5 Å². The van der Waals surface area contributed by atoms with Crippen LogP contribution in [0.5, 0.6) is 0 Å². The first-order valence-electron chi connectivity index (χ1n) is 8.82. The Balaban J connectivity index is 1.81. The molecule has 0 saturated carbocycles. The first-order chi connectivity index (χ1) is 13.8. The third-order valence-corrected chi connectivity index (χ3v) is 4.51. The molecule has 1 heterocycles. The van der Waals surface area contributed by atoms with Crippen molar-refractivity contribution < 1.29 is 14.1 Å². The van der Waals surface area contributed by atoms with E-state index in [9.17, 15) is 19.3 Å². The summed E-state index contributed by atoms with van der Waals surface area (Å²) in [5, 5.41) is 18.0. The molecule has 1 N–H and O–H groups in total. The Morgan fingerprint density at radius 2 is 1.86 bits per heavy atom. The minimum absolute atomic E-state index is 0.0952. The van der Waals surface area contributed by atoms with Gasteiger partial charge in [-0.2, -0.15) is 5.10 Å². The highest BCUT2D eigenvalue weighted by atomic mass is 19.1. The van der Waals surface area contributed by atoms with Crippen LogP contribution in [0.3, 0.4) is 0 Å². The molecule has 0 saturated heterocycles. The highest BCUT2D eigenvalue weighted by Crippen LogP contribution is 2.23. The number of aryl methyl sites for hydroxylation is 2. The van der Waals surface area contributed by atoms with Crippen LogP contribution in [0.1, 0.15) is 22.5 Å². The molecule has 0 bridgehead atoms. The average Bonchev–Trinajstić information content (AvgIpc) is 2.96. The van der Waals surface area contributed by atoms with E-state index in [0.29, 0.717) is 22.6 Å². The van der Waals surface area contributed by atoms with E-state index in [1.807, 2.05) is 13.8 Å². The van der Waals surface area contributed by atoms with Crippen molar-refractivity contribution in [2.75, 3.05) is 5.32 Å². The molecule has 7 nitrogen and oxygen atoms in total. The zero-order valence-electron chi connectivity index (χ0n) is 16.1. The number of carbonyl (C=O) groups is 1. The van der Waals surface area contributed by atoms with Crippen LogP contribution in [0.25, 0.3) is 11.8 Å². The number of non-ortho nitro benzene ring substituents is 1. The summed E-state index contributed by atoms with van der Waals surface area (Å²) >= 11 is 0. The van der Waals surface area contributed by atoms with E-state index in [1.54, 1.807) is 35.9 Å². The van der Waals surface area contributed by atoms with E-state index in [0.717, 1.165) is 11.3 Å². The summed E-state index contributed by atoms with van der Waals surface area (Å²) < 4.78 is 14.8. The maximum absolute atomic E-state index is 13.2. The van der Waals surface area contributed by atoms with Gasteiger partial charge in [-0.25, -0.2) is 9.07 Å². The fraction of sp³-hybridized carbons (Fsp3) is 0.143. The van der Waals surface area contributed by atoms with Gasteiger partial charge in [0.25, 0.3) is 5.69 Å². The van der Waals surface area contributed by atoms with Crippen molar-refractivity contribution in [3.8, 4) is 5.69 Å². The number of nitrogens with zero attached hydrogens (tertiary/aromatic N) is 3. The molecule has 8 heteroatoms. The van der Waals surface area contributed by atoms with Crippen molar-refractivity contribution in [1.29, 1.82) is 0 Å². The van der Waals surface area contributed by atoms with Crippen molar-refractivity contribution in [3.05, 3.63) is 87.0 Å². The van der Waals surface area contributed by atoms with Gasteiger partial charge < -0.3 is 5.32 Å². The van der Waals surface area contributed by atoms with E-state index < -0.39 is 10.8 Å². The van der Waals surface area contributed by atoms with Crippen LogP contribution >= 0.6 is 0 Å². The Bertz CT molecular complexity index is 1120. The van der Waals surface area contributed by atoms with Gasteiger partial charge in [0.1, 0.15) is 5.82 Å². The molecule has 0 aliphatic rings. The lowest BCUT2D eigenvalue weighted by molar-refractivity contribution is -0.384. The van der Waals surface area contributed by atoms with Crippen LogP contribution in [0.15, 0.2) is 48.5 Å². The second kappa shape index (κ2) is 8.05. The number of rotatable bonds is 5. The fourth-order valence-electron chi connectivity index (χ4n) is 2.92. The monoisotopic (exact) mass is 394 g/mol. The number of hydrogen-bond donors (Lipinski definition) is 1. The van der Waals surface area contributed by atoms with E-state index >= 15 is 0 Å². The largest absolute Gasteiger partial charge is 0.322 e. The van der Waals surface area contributed by atoms with E-state index in [4.69, 9.17) is 0 Å². The Labute approximate surface area is 166 Å². The van der Waals surface area contributed by atoms with Crippen molar-refractivity contribution in [2.24, 2.45) is 0 Å². The maximum Gasteiger partial charge on any atom is 0.271 e. The van der Waals surface area contributed by atoms with Crippen LogP contribution in [-0.2, 0) is 4.79 Å². The minimum atomic E-state index is -0.512. The predicted molar refractivity (Wildman–Crippen MR) is 108 cm³/mol. The second-order valence-corrected chi connectivity index (χ2v) is 6.55. The summed E-state index contributed by atoms with van der Waals surface area (Å²) in [5.41, 5.74) is 3.98. The van der Waals surface area contributed by atoms with Gasteiger partial charge in [-0.3, -0.25) is 14.9 Å². The molecule has 148 valence electrons. The molecule has 0 aliphatic heterocycles. The number of benzene rings is 2. The van der Waals surface area contributed by atoms with Gasteiger partial charge in [-0.15, -0.1) is 0 Å². The van der Waals surface area contributed by atoms with Gasteiger partial charge in [0.2, 0.25) is 5.91 Å². The first kappa shape index (κ1) is 19.9. The fourth-order valence-corrected chi connectivity index (χ4v) is 2.92. The topological polar surface area (TPSA) is 90.1 Å². The van der Waals surface area contributed by atoms with E-state index in [1.165, 1.54) is 30.3 Å². The molecule has 2 aromatic carbocycles. The van der Waals surface area contributed by atoms with Gasteiger partial charge in [0.05, 0.1) is 22.0 Å². The Morgan fingerprint density at radius 3 is 2.52 bits per heavy atom. The molecule has 0 aliphatic carbocycles. The highest BCUT2D eigenvalue weighted by molar-refractivity contribution is 6.02. The molecule has 0 fully saturated rings. The summed E-state index contributed by atoms with van der Waals surface area (Å²) in [6, 6.07) is 10.3. The van der Waals surface area contributed by atoms with Gasteiger partial charge in [-0.05, 0) is 56.7 Å². The standard InChI is InChI=1S/C21H19FN4O3/c1-13-4-7-18(26(28)29)12-20(13)23-21(27)11-10-19-14(2)24-25(15(19)3)17-8-5-16(22)6-9-17/h4-12H,1-3H3,(H,23,27)/b11-10+. The number of hydrogen-bond acceptors (Lipinski definition) is 4. The number of halogens is 1. The zero-order chi connectivity index (χ0) is 21.1. The number of nitrogens with one attached hydrogen (secondary N) is 1. The molecule has 3 rings (SSSR count). The van der Waals surface area contributed by atoms with Crippen LogP contribution in [-0.4, -0.2) is 20.6 Å². The van der Waals surface area contributed by atoms with Gasteiger partial charge in [0, 0.05) is 29.5 Å². The molecule has 0 radical (unpaired) electrons.